The highest BCUT2D eigenvalue weighted by atomic mass is 16.4. The fourth-order valence-electron chi connectivity index (χ4n) is 2.31. The van der Waals surface area contributed by atoms with Gasteiger partial charge in [0.1, 0.15) is 0 Å². The first-order chi connectivity index (χ1) is 8.38. The van der Waals surface area contributed by atoms with E-state index in [1.807, 2.05) is 7.05 Å². The summed E-state index contributed by atoms with van der Waals surface area (Å²) < 4.78 is 5.50. The van der Waals surface area contributed by atoms with Crippen LogP contribution in [0.2, 0.25) is 0 Å². The highest BCUT2D eigenvalue weighted by molar-refractivity contribution is 5.19. The molecule has 0 radical (unpaired) electrons. The average Bonchev–Trinajstić information content (AvgIpc) is 2.70. The van der Waals surface area contributed by atoms with Gasteiger partial charge in [-0.25, -0.2) is 0 Å². The number of hydrogen-bond donors (Lipinski definition) is 2. The Morgan fingerprint density at radius 2 is 1.82 bits per heavy atom. The average molecular weight is 238 g/mol. The lowest BCUT2D eigenvalue weighted by Crippen LogP contribution is -2.20. The zero-order valence-electron chi connectivity index (χ0n) is 10.5. The van der Waals surface area contributed by atoms with Crippen LogP contribution in [0.15, 0.2) is 4.42 Å². The van der Waals surface area contributed by atoms with Gasteiger partial charge in [0.25, 0.3) is 0 Å². The molecule has 5 nitrogen and oxygen atoms in total. The van der Waals surface area contributed by atoms with Gasteiger partial charge in [-0.15, -0.1) is 5.10 Å². The lowest BCUT2D eigenvalue weighted by molar-refractivity contribution is 0.446. The summed E-state index contributed by atoms with van der Waals surface area (Å²) >= 11 is 0. The Bertz CT molecular complexity index is 318. The Kier molecular flexibility index (Phi) is 4.79. The molecule has 0 unspecified atom stereocenters. The maximum atomic E-state index is 5.50. The van der Waals surface area contributed by atoms with E-state index in [1.165, 1.54) is 44.9 Å². The standard InChI is InChI=1S/C12H22N4O/c1-13-9-11-15-16-12(17-11)14-10-7-5-3-2-4-6-8-10/h10,13H,2-9H2,1H3,(H,14,16). The van der Waals surface area contributed by atoms with Gasteiger partial charge in [-0.3, -0.25) is 0 Å². The van der Waals surface area contributed by atoms with Crippen LogP contribution in [0, 0.1) is 0 Å². The summed E-state index contributed by atoms with van der Waals surface area (Å²) in [6.07, 6.45) is 9.12. The van der Waals surface area contributed by atoms with Gasteiger partial charge in [0.2, 0.25) is 5.89 Å². The molecule has 0 spiro atoms. The highest BCUT2D eigenvalue weighted by Crippen LogP contribution is 2.20. The summed E-state index contributed by atoms with van der Waals surface area (Å²) in [7, 11) is 1.87. The minimum atomic E-state index is 0.498. The van der Waals surface area contributed by atoms with Crippen LogP contribution in [0.25, 0.3) is 0 Å². The number of nitrogens with zero attached hydrogens (tertiary/aromatic N) is 2. The van der Waals surface area contributed by atoms with E-state index >= 15 is 0 Å². The van der Waals surface area contributed by atoms with Gasteiger partial charge >= 0.3 is 6.01 Å². The second-order valence-electron chi connectivity index (χ2n) is 4.72. The maximum Gasteiger partial charge on any atom is 0.315 e. The molecular formula is C12H22N4O. The third-order valence-corrected chi connectivity index (χ3v) is 3.23. The minimum Gasteiger partial charge on any atom is -0.407 e. The molecule has 0 amide bonds. The van der Waals surface area contributed by atoms with E-state index in [-0.39, 0.29) is 0 Å². The van der Waals surface area contributed by atoms with Crippen molar-refractivity contribution in [1.29, 1.82) is 0 Å². The SMILES string of the molecule is CNCc1nnc(NC2CCCCCCC2)o1. The van der Waals surface area contributed by atoms with Crippen molar-refractivity contribution in [1.82, 2.24) is 15.5 Å². The van der Waals surface area contributed by atoms with E-state index in [9.17, 15) is 0 Å². The summed E-state index contributed by atoms with van der Waals surface area (Å²) in [5, 5.41) is 14.3. The van der Waals surface area contributed by atoms with Crippen molar-refractivity contribution in [3.8, 4) is 0 Å². The molecule has 1 aromatic rings. The molecule has 5 heteroatoms. The Morgan fingerprint density at radius 3 is 2.53 bits per heavy atom. The van der Waals surface area contributed by atoms with Crippen LogP contribution < -0.4 is 10.6 Å². The number of nitrogens with one attached hydrogen (secondary N) is 2. The smallest absolute Gasteiger partial charge is 0.315 e. The highest BCUT2D eigenvalue weighted by Gasteiger charge is 2.14. The summed E-state index contributed by atoms with van der Waals surface area (Å²) in [5.41, 5.74) is 0. The van der Waals surface area contributed by atoms with Crippen molar-refractivity contribution in [3.63, 3.8) is 0 Å². The minimum absolute atomic E-state index is 0.498. The van der Waals surface area contributed by atoms with Crippen molar-refractivity contribution in [2.24, 2.45) is 0 Å². The van der Waals surface area contributed by atoms with Crippen LogP contribution in [0.4, 0.5) is 6.01 Å². The van der Waals surface area contributed by atoms with Crippen molar-refractivity contribution < 1.29 is 4.42 Å². The van der Waals surface area contributed by atoms with E-state index in [0.717, 1.165) is 0 Å². The third-order valence-electron chi connectivity index (χ3n) is 3.23. The first-order valence-electron chi connectivity index (χ1n) is 6.62. The van der Waals surface area contributed by atoms with Crippen molar-refractivity contribution >= 4 is 6.01 Å². The quantitative estimate of drug-likeness (QED) is 0.842. The van der Waals surface area contributed by atoms with Gasteiger partial charge in [-0.1, -0.05) is 37.2 Å². The van der Waals surface area contributed by atoms with Gasteiger partial charge in [0.15, 0.2) is 0 Å². The van der Waals surface area contributed by atoms with Crippen molar-refractivity contribution in [2.45, 2.75) is 57.5 Å². The number of hydrogen-bond acceptors (Lipinski definition) is 5. The van der Waals surface area contributed by atoms with Crippen LogP contribution in [0.3, 0.4) is 0 Å². The van der Waals surface area contributed by atoms with E-state index in [4.69, 9.17) is 4.42 Å². The molecule has 0 saturated heterocycles. The number of anilines is 1. The van der Waals surface area contributed by atoms with Gasteiger partial charge < -0.3 is 15.1 Å². The second-order valence-corrected chi connectivity index (χ2v) is 4.72. The van der Waals surface area contributed by atoms with Crippen LogP contribution in [0.5, 0.6) is 0 Å². The molecule has 1 heterocycles. The van der Waals surface area contributed by atoms with E-state index in [2.05, 4.69) is 20.8 Å². The molecule has 0 bridgehead atoms. The molecule has 17 heavy (non-hydrogen) atoms. The van der Waals surface area contributed by atoms with E-state index in [1.54, 1.807) is 0 Å². The van der Waals surface area contributed by atoms with Crippen LogP contribution in [0.1, 0.15) is 50.8 Å². The predicted molar refractivity (Wildman–Crippen MR) is 66.8 cm³/mol. The summed E-state index contributed by atoms with van der Waals surface area (Å²) in [6, 6.07) is 1.07. The molecule has 1 aliphatic rings. The molecule has 1 aromatic heterocycles. The Morgan fingerprint density at radius 1 is 1.12 bits per heavy atom. The molecule has 0 aromatic carbocycles. The molecular weight excluding hydrogens is 216 g/mol. The van der Waals surface area contributed by atoms with Gasteiger partial charge in [-0.05, 0) is 19.9 Å². The van der Waals surface area contributed by atoms with E-state index in [0.29, 0.717) is 24.5 Å². The van der Waals surface area contributed by atoms with Gasteiger partial charge in [0, 0.05) is 6.04 Å². The fourth-order valence-corrected chi connectivity index (χ4v) is 2.31. The van der Waals surface area contributed by atoms with Crippen LogP contribution in [-0.2, 0) is 6.54 Å². The zero-order valence-corrected chi connectivity index (χ0v) is 10.5. The molecule has 0 aliphatic heterocycles. The first kappa shape index (κ1) is 12.4. The monoisotopic (exact) mass is 238 g/mol. The van der Waals surface area contributed by atoms with Gasteiger partial charge in [-0.2, -0.15) is 0 Å². The largest absolute Gasteiger partial charge is 0.407 e. The Balaban J connectivity index is 1.84. The van der Waals surface area contributed by atoms with Crippen LogP contribution in [-0.4, -0.2) is 23.3 Å². The molecule has 96 valence electrons. The molecule has 0 atom stereocenters. The topological polar surface area (TPSA) is 63.0 Å². The molecule has 1 saturated carbocycles. The Hall–Kier alpha value is -1.10. The summed E-state index contributed by atoms with van der Waals surface area (Å²) in [6.45, 7) is 0.624. The molecule has 1 fully saturated rings. The second kappa shape index (κ2) is 6.59. The number of aromatic nitrogens is 2. The van der Waals surface area contributed by atoms with Crippen molar-refractivity contribution in [3.05, 3.63) is 5.89 Å². The fraction of sp³-hybridized carbons (Fsp3) is 0.833. The Labute approximate surface area is 102 Å². The molecule has 1 aliphatic carbocycles. The molecule has 2 N–H and O–H groups in total. The lowest BCUT2D eigenvalue weighted by atomic mass is 9.97. The zero-order chi connectivity index (χ0) is 11.9. The van der Waals surface area contributed by atoms with Gasteiger partial charge in [0.05, 0.1) is 6.54 Å². The third kappa shape index (κ3) is 4.00. The lowest BCUT2D eigenvalue weighted by Gasteiger charge is -2.19. The molecule has 2 rings (SSSR count). The first-order valence-corrected chi connectivity index (χ1v) is 6.62. The predicted octanol–water partition coefficient (Wildman–Crippen LogP) is 2.31. The number of rotatable bonds is 4. The van der Waals surface area contributed by atoms with E-state index < -0.39 is 0 Å². The normalized spacial score (nSPS) is 18.6. The van der Waals surface area contributed by atoms with Crippen molar-refractivity contribution in [2.75, 3.05) is 12.4 Å². The van der Waals surface area contributed by atoms with Crippen LogP contribution >= 0.6 is 0 Å². The summed E-state index contributed by atoms with van der Waals surface area (Å²) in [5.74, 6) is 0.640. The summed E-state index contributed by atoms with van der Waals surface area (Å²) in [4.78, 5) is 0. The maximum absolute atomic E-state index is 5.50.